The zero-order valence-corrected chi connectivity index (χ0v) is 11.9. The van der Waals surface area contributed by atoms with Gasteiger partial charge < -0.3 is 19.3 Å². The van der Waals surface area contributed by atoms with Crippen molar-refractivity contribution in [3.63, 3.8) is 0 Å². The molecule has 110 valence electrons. The third-order valence-corrected chi connectivity index (χ3v) is 3.16. The molecule has 7 heteroatoms. The zero-order chi connectivity index (χ0) is 14.4. The summed E-state index contributed by atoms with van der Waals surface area (Å²) < 4.78 is 10.4. The van der Waals surface area contributed by atoms with Gasteiger partial charge in [0.25, 0.3) is 0 Å². The van der Waals surface area contributed by atoms with Crippen molar-refractivity contribution in [2.75, 3.05) is 63.4 Å². The van der Waals surface area contributed by atoms with E-state index in [-0.39, 0.29) is 0 Å². The molecule has 0 aliphatic carbocycles. The maximum atomic E-state index is 11.1. The molecule has 7 nitrogen and oxygen atoms in total. The molecule has 0 saturated carbocycles. The van der Waals surface area contributed by atoms with Gasteiger partial charge in [0.2, 0.25) is 5.95 Å². The lowest BCUT2D eigenvalue weighted by Crippen LogP contribution is -2.38. The van der Waals surface area contributed by atoms with Gasteiger partial charge in [0, 0.05) is 39.9 Å². The van der Waals surface area contributed by atoms with E-state index in [2.05, 4.69) is 9.97 Å². The Balaban J connectivity index is 2.21. The molecule has 0 radical (unpaired) electrons. The summed E-state index contributed by atoms with van der Waals surface area (Å²) in [4.78, 5) is 23.8. The van der Waals surface area contributed by atoms with E-state index >= 15 is 0 Å². The van der Waals surface area contributed by atoms with Crippen molar-refractivity contribution in [1.29, 1.82) is 0 Å². The number of morpholine rings is 1. The Kier molecular flexibility index (Phi) is 5.25. The second kappa shape index (κ2) is 7.16. The SMILES string of the molecule is COCCN(C)c1cc(C=O)nc(N2CCOCC2)n1. The molecule has 1 fully saturated rings. The minimum atomic E-state index is 0.390. The summed E-state index contributed by atoms with van der Waals surface area (Å²) in [5.74, 6) is 1.30. The van der Waals surface area contributed by atoms with E-state index in [1.54, 1.807) is 13.2 Å². The molecule has 1 aromatic rings. The highest BCUT2D eigenvalue weighted by atomic mass is 16.5. The van der Waals surface area contributed by atoms with Crippen LogP contribution in [0.2, 0.25) is 0 Å². The summed E-state index contributed by atoms with van der Waals surface area (Å²) in [6.45, 7) is 4.10. The highest BCUT2D eigenvalue weighted by Crippen LogP contribution is 2.17. The van der Waals surface area contributed by atoms with Crippen LogP contribution in [0.4, 0.5) is 11.8 Å². The number of rotatable bonds is 6. The summed E-state index contributed by atoms with van der Waals surface area (Å²) >= 11 is 0. The Morgan fingerprint density at radius 1 is 1.45 bits per heavy atom. The molecule has 1 aliphatic rings. The van der Waals surface area contributed by atoms with Gasteiger partial charge in [-0.05, 0) is 0 Å². The minimum absolute atomic E-state index is 0.390. The second-order valence-electron chi connectivity index (χ2n) is 4.58. The van der Waals surface area contributed by atoms with Crippen molar-refractivity contribution in [3.05, 3.63) is 11.8 Å². The summed E-state index contributed by atoms with van der Waals surface area (Å²) in [5.41, 5.74) is 0.390. The largest absolute Gasteiger partial charge is 0.383 e. The molecule has 0 spiro atoms. The van der Waals surface area contributed by atoms with Crippen LogP contribution in [-0.4, -0.2) is 69.9 Å². The Labute approximate surface area is 118 Å². The average Bonchev–Trinajstić information content (AvgIpc) is 2.52. The fourth-order valence-electron chi connectivity index (χ4n) is 1.94. The third-order valence-electron chi connectivity index (χ3n) is 3.16. The molecule has 1 aliphatic heterocycles. The van der Waals surface area contributed by atoms with E-state index in [0.717, 1.165) is 25.2 Å². The summed E-state index contributed by atoms with van der Waals surface area (Å²) in [7, 11) is 3.57. The van der Waals surface area contributed by atoms with Gasteiger partial charge in [-0.1, -0.05) is 0 Å². The van der Waals surface area contributed by atoms with Crippen LogP contribution in [0.15, 0.2) is 6.07 Å². The number of aldehydes is 1. The maximum Gasteiger partial charge on any atom is 0.228 e. The normalized spacial score (nSPS) is 15.2. The Morgan fingerprint density at radius 2 is 2.20 bits per heavy atom. The molecule has 2 heterocycles. The zero-order valence-electron chi connectivity index (χ0n) is 11.9. The molecule has 0 unspecified atom stereocenters. The fourth-order valence-corrected chi connectivity index (χ4v) is 1.94. The fraction of sp³-hybridized carbons (Fsp3) is 0.615. The molecule has 1 saturated heterocycles. The van der Waals surface area contributed by atoms with Crippen molar-refractivity contribution in [3.8, 4) is 0 Å². The maximum absolute atomic E-state index is 11.1. The van der Waals surface area contributed by atoms with Gasteiger partial charge in [0.15, 0.2) is 6.29 Å². The minimum Gasteiger partial charge on any atom is -0.383 e. The first-order chi connectivity index (χ1) is 9.74. The van der Waals surface area contributed by atoms with E-state index in [9.17, 15) is 4.79 Å². The van der Waals surface area contributed by atoms with Crippen molar-refractivity contribution in [2.45, 2.75) is 0 Å². The van der Waals surface area contributed by atoms with Crippen LogP contribution in [0.5, 0.6) is 0 Å². The monoisotopic (exact) mass is 280 g/mol. The first kappa shape index (κ1) is 14.7. The summed E-state index contributed by atoms with van der Waals surface area (Å²) in [5, 5.41) is 0. The molecule has 1 aromatic heterocycles. The van der Waals surface area contributed by atoms with Crippen LogP contribution in [-0.2, 0) is 9.47 Å². The average molecular weight is 280 g/mol. The van der Waals surface area contributed by atoms with Gasteiger partial charge in [-0.3, -0.25) is 4.79 Å². The molecule has 0 N–H and O–H groups in total. The molecule has 0 aromatic carbocycles. The van der Waals surface area contributed by atoms with E-state index < -0.39 is 0 Å². The number of methoxy groups -OCH3 is 1. The van der Waals surface area contributed by atoms with Crippen LogP contribution in [0, 0.1) is 0 Å². The summed E-state index contributed by atoms with van der Waals surface area (Å²) in [6.07, 6.45) is 0.749. The molecular weight excluding hydrogens is 260 g/mol. The smallest absolute Gasteiger partial charge is 0.228 e. The van der Waals surface area contributed by atoms with Gasteiger partial charge in [-0.2, -0.15) is 4.98 Å². The van der Waals surface area contributed by atoms with Crippen molar-refractivity contribution in [1.82, 2.24) is 9.97 Å². The number of nitrogens with zero attached hydrogens (tertiary/aromatic N) is 4. The lowest BCUT2D eigenvalue weighted by Gasteiger charge is -2.28. The van der Waals surface area contributed by atoms with E-state index in [1.807, 2.05) is 16.8 Å². The number of ether oxygens (including phenoxy) is 2. The van der Waals surface area contributed by atoms with Gasteiger partial charge in [-0.25, -0.2) is 4.98 Å². The van der Waals surface area contributed by atoms with Gasteiger partial charge in [-0.15, -0.1) is 0 Å². The van der Waals surface area contributed by atoms with Gasteiger partial charge in [0.1, 0.15) is 11.5 Å². The number of likely N-dealkylation sites (N-methyl/N-ethyl adjacent to an activating group) is 1. The molecule has 0 bridgehead atoms. The molecular formula is C13H20N4O3. The lowest BCUT2D eigenvalue weighted by molar-refractivity contribution is 0.111. The van der Waals surface area contributed by atoms with Gasteiger partial charge >= 0.3 is 0 Å². The number of aromatic nitrogens is 2. The van der Waals surface area contributed by atoms with Crippen LogP contribution in [0.25, 0.3) is 0 Å². The molecule has 0 amide bonds. The number of carbonyl (C=O) groups is 1. The van der Waals surface area contributed by atoms with Crippen LogP contribution >= 0.6 is 0 Å². The number of hydrogen-bond acceptors (Lipinski definition) is 7. The summed E-state index contributed by atoms with van der Waals surface area (Å²) in [6, 6.07) is 1.69. The molecule has 2 rings (SSSR count). The Hall–Kier alpha value is -1.73. The first-order valence-corrected chi connectivity index (χ1v) is 6.61. The first-order valence-electron chi connectivity index (χ1n) is 6.61. The van der Waals surface area contributed by atoms with E-state index in [1.165, 1.54) is 0 Å². The van der Waals surface area contributed by atoms with Crippen molar-refractivity contribution < 1.29 is 14.3 Å². The third kappa shape index (κ3) is 3.64. The van der Waals surface area contributed by atoms with Crippen molar-refractivity contribution >= 4 is 18.1 Å². The van der Waals surface area contributed by atoms with Crippen molar-refractivity contribution in [2.24, 2.45) is 0 Å². The quantitative estimate of drug-likeness (QED) is 0.690. The van der Waals surface area contributed by atoms with Crippen LogP contribution in [0.1, 0.15) is 10.5 Å². The lowest BCUT2D eigenvalue weighted by atomic mass is 10.3. The predicted octanol–water partition coefficient (Wildman–Crippen LogP) is 0.208. The Bertz CT molecular complexity index is 449. The predicted molar refractivity (Wildman–Crippen MR) is 75.6 cm³/mol. The van der Waals surface area contributed by atoms with E-state index in [4.69, 9.17) is 9.47 Å². The van der Waals surface area contributed by atoms with Gasteiger partial charge in [0.05, 0.1) is 19.8 Å². The Morgan fingerprint density at radius 3 is 2.85 bits per heavy atom. The number of hydrogen-bond donors (Lipinski definition) is 0. The highest BCUT2D eigenvalue weighted by Gasteiger charge is 2.16. The second-order valence-corrected chi connectivity index (χ2v) is 4.58. The highest BCUT2D eigenvalue weighted by molar-refractivity contribution is 5.74. The number of anilines is 2. The van der Waals surface area contributed by atoms with E-state index in [0.29, 0.717) is 38.0 Å². The molecule has 20 heavy (non-hydrogen) atoms. The molecule has 0 atom stereocenters. The number of carbonyl (C=O) groups excluding carboxylic acids is 1. The van der Waals surface area contributed by atoms with Crippen LogP contribution < -0.4 is 9.80 Å². The van der Waals surface area contributed by atoms with Crippen LogP contribution in [0.3, 0.4) is 0 Å². The standard InChI is InChI=1S/C13H20N4O3/c1-16(3-6-19-2)12-9-11(10-18)14-13(15-12)17-4-7-20-8-5-17/h9-10H,3-8H2,1-2H3. The topological polar surface area (TPSA) is 67.8 Å².